The van der Waals surface area contributed by atoms with Gasteiger partial charge in [0.05, 0.1) is 0 Å². The molecule has 1 aromatic heterocycles. The van der Waals surface area contributed by atoms with Crippen molar-refractivity contribution in [3.63, 3.8) is 0 Å². The molecule has 2 aliphatic rings. The standard InChI is InChI=1S/C15H23N5O/c1-15(2)13(21)19(3)6-7-20(15)14-17-9-11(10-18-14)8-16-12-4-5-12/h9-10,12,16H,4-8H2,1-3H3. The molecule has 21 heavy (non-hydrogen) atoms. The maximum absolute atomic E-state index is 12.3. The summed E-state index contributed by atoms with van der Waals surface area (Å²) in [5.74, 6) is 0.744. The fourth-order valence-corrected chi connectivity index (χ4v) is 2.69. The first-order valence-electron chi connectivity index (χ1n) is 7.56. The smallest absolute Gasteiger partial charge is 0.247 e. The van der Waals surface area contributed by atoms with E-state index in [-0.39, 0.29) is 5.91 Å². The van der Waals surface area contributed by atoms with Gasteiger partial charge in [0, 0.05) is 50.7 Å². The van der Waals surface area contributed by atoms with Gasteiger partial charge in [-0.05, 0) is 26.7 Å². The predicted octanol–water partition coefficient (Wildman–Crippen LogP) is 0.786. The third kappa shape index (κ3) is 2.85. The van der Waals surface area contributed by atoms with Crippen LogP contribution in [0, 0.1) is 0 Å². The van der Waals surface area contributed by atoms with Gasteiger partial charge in [0.15, 0.2) is 0 Å². The molecule has 3 rings (SSSR count). The molecule has 6 heteroatoms. The van der Waals surface area contributed by atoms with Gasteiger partial charge in [-0.3, -0.25) is 4.79 Å². The molecule has 114 valence electrons. The van der Waals surface area contributed by atoms with Gasteiger partial charge in [0.1, 0.15) is 5.54 Å². The zero-order valence-electron chi connectivity index (χ0n) is 13.0. The van der Waals surface area contributed by atoms with Crippen LogP contribution in [0.1, 0.15) is 32.3 Å². The van der Waals surface area contributed by atoms with E-state index in [1.807, 2.05) is 38.2 Å². The minimum atomic E-state index is -0.596. The van der Waals surface area contributed by atoms with Crippen molar-refractivity contribution in [3.8, 4) is 0 Å². The lowest BCUT2D eigenvalue weighted by Gasteiger charge is -2.44. The molecule has 0 bridgehead atoms. The molecule has 2 heterocycles. The summed E-state index contributed by atoms with van der Waals surface area (Å²) in [6, 6.07) is 0.680. The van der Waals surface area contributed by atoms with Crippen LogP contribution in [0.5, 0.6) is 0 Å². The van der Waals surface area contributed by atoms with Gasteiger partial charge in [0.2, 0.25) is 11.9 Å². The Labute approximate surface area is 125 Å². The average Bonchev–Trinajstić information content (AvgIpc) is 3.28. The molecule has 1 aliphatic heterocycles. The number of aromatic nitrogens is 2. The first kappa shape index (κ1) is 14.3. The number of hydrogen-bond acceptors (Lipinski definition) is 5. The third-order valence-corrected chi connectivity index (χ3v) is 4.31. The number of likely N-dealkylation sites (N-methyl/N-ethyl adjacent to an activating group) is 1. The molecule has 1 saturated heterocycles. The molecule has 1 amide bonds. The van der Waals surface area contributed by atoms with E-state index in [0.29, 0.717) is 18.5 Å². The van der Waals surface area contributed by atoms with Gasteiger partial charge >= 0.3 is 0 Å². The van der Waals surface area contributed by atoms with Crippen LogP contribution in [0.3, 0.4) is 0 Å². The summed E-state index contributed by atoms with van der Waals surface area (Å²) in [6.07, 6.45) is 6.26. The van der Waals surface area contributed by atoms with Gasteiger partial charge in [-0.1, -0.05) is 0 Å². The van der Waals surface area contributed by atoms with Crippen LogP contribution in [-0.2, 0) is 11.3 Å². The van der Waals surface area contributed by atoms with Crippen LogP contribution < -0.4 is 10.2 Å². The number of amides is 1. The summed E-state index contributed by atoms with van der Waals surface area (Å²) in [4.78, 5) is 25.0. The number of anilines is 1. The van der Waals surface area contributed by atoms with Crippen molar-refractivity contribution in [2.45, 2.75) is 44.8 Å². The zero-order chi connectivity index (χ0) is 15.0. The third-order valence-electron chi connectivity index (χ3n) is 4.31. The van der Waals surface area contributed by atoms with E-state index in [1.54, 1.807) is 4.90 Å². The average molecular weight is 289 g/mol. The Balaban J connectivity index is 1.71. The minimum Gasteiger partial charge on any atom is -0.342 e. The first-order valence-corrected chi connectivity index (χ1v) is 7.56. The van der Waals surface area contributed by atoms with E-state index < -0.39 is 5.54 Å². The van der Waals surface area contributed by atoms with E-state index in [4.69, 9.17) is 0 Å². The Morgan fingerprint density at radius 1 is 1.29 bits per heavy atom. The number of piperazine rings is 1. The number of rotatable bonds is 4. The van der Waals surface area contributed by atoms with Crippen molar-refractivity contribution in [2.75, 3.05) is 25.0 Å². The molecule has 0 radical (unpaired) electrons. The lowest BCUT2D eigenvalue weighted by atomic mass is 9.98. The quantitative estimate of drug-likeness (QED) is 0.888. The van der Waals surface area contributed by atoms with E-state index in [9.17, 15) is 4.79 Å². The van der Waals surface area contributed by atoms with Crippen LogP contribution in [0.15, 0.2) is 12.4 Å². The summed E-state index contributed by atoms with van der Waals surface area (Å²) in [5, 5.41) is 3.45. The molecular weight excluding hydrogens is 266 g/mol. The highest BCUT2D eigenvalue weighted by molar-refractivity contribution is 5.89. The molecule has 1 aliphatic carbocycles. The predicted molar refractivity (Wildman–Crippen MR) is 81.0 cm³/mol. The Bertz CT molecular complexity index is 523. The summed E-state index contributed by atoms with van der Waals surface area (Å²) >= 11 is 0. The van der Waals surface area contributed by atoms with E-state index in [0.717, 1.165) is 18.7 Å². The lowest BCUT2D eigenvalue weighted by molar-refractivity contribution is -0.136. The highest BCUT2D eigenvalue weighted by atomic mass is 16.2. The van der Waals surface area contributed by atoms with Crippen LogP contribution >= 0.6 is 0 Å². The molecule has 0 aromatic carbocycles. The van der Waals surface area contributed by atoms with Crippen LogP contribution in [-0.4, -0.2) is 52.5 Å². The molecule has 0 unspecified atom stereocenters. The van der Waals surface area contributed by atoms with Crippen molar-refractivity contribution < 1.29 is 4.79 Å². The molecule has 1 aromatic rings. The van der Waals surface area contributed by atoms with E-state index >= 15 is 0 Å². The fourth-order valence-electron chi connectivity index (χ4n) is 2.69. The van der Waals surface area contributed by atoms with Crippen LogP contribution in [0.4, 0.5) is 5.95 Å². The zero-order valence-corrected chi connectivity index (χ0v) is 13.0. The van der Waals surface area contributed by atoms with Gasteiger partial charge in [-0.15, -0.1) is 0 Å². The van der Waals surface area contributed by atoms with E-state index in [2.05, 4.69) is 15.3 Å². The van der Waals surface area contributed by atoms with Gasteiger partial charge in [0.25, 0.3) is 0 Å². The lowest BCUT2D eigenvalue weighted by Crippen LogP contribution is -2.62. The summed E-state index contributed by atoms with van der Waals surface area (Å²) in [7, 11) is 1.84. The summed E-state index contributed by atoms with van der Waals surface area (Å²) < 4.78 is 0. The van der Waals surface area contributed by atoms with Crippen molar-refractivity contribution in [1.29, 1.82) is 0 Å². The maximum Gasteiger partial charge on any atom is 0.247 e. The van der Waals surface area contributed by atoms with Crippen LogP contribution in [0.2, 0.25) is 0 Å². The number of nitrogens with one attached hydrogen (secondary N) is 1. The minimum absolute atomic E-state index is 0.108. The number of hydrogen-bond donors (Lipinski definition) is 1. The molecule has 0 spiro atoms. The number of carbonyl (C=O) groups excluding carboxylic acids is 1. The Morgan fingerprint density at radius 2 is 1.95 bits per heavy atom. The Hall–Kier alpha value is -1.69. The number of carbonyl (C=O) groups is 1. The normalized spacial score (nSPS) is 21.8. The molecule has 0 atom stereocenters. The van der Waals surface area contributed by atoms with Crippen molar-refractivity contribution in [2.24, 2.45) is 0 Å². The van der Waals surface area contributed by atoms with E-state index in [1.165, 1.54) is 12.8 Å². The SMILES string of the molecule is CN1CCN(c2ncc(CNC3CC3)cn2)C(C)(C)C1=O. The summed E-state index contributed by atoms with van der Waals surface area (Å²) in [6.45, 7) is 6.13. The number of nitrogens with zero attached hydrogens (tertiary/aromatic N) is 4. The topological polar surface area (TPSA) is 61.4 Å². The second-order valence-corrected chi connectivity index (χ2v) is 6.48. The largest absolute Gasteiger partial charge is 0.342 e. The van der Waals surface area contributed by atoms with Crippen LogP contribution in [0.25, 0.3) is 0 Å². The molecule has 2 fully saturated rings. The molecular formula is C15H23N5O. The maximum atomic E-state index is 12.3. The molecule has 6 nitrogen and oxygen atoms in total. The van der Waals surface area contributed by atoms with Gasteiger partial charge in [-0.2, -0.15) is 0 Å². The highest BCUT2D eigenvalue weighted by Crippen LogP contribution is 2.25. The second-order valence-electron chi connectivity index (χ2n) is 6.48. The van der Waals surface area contributed by atoms with Crippen molar-refractivity contribution >= 4 is 11.9 Å². The monoisotopic (exact) mass is 289 g/mol. The second kappa shape index (κ2) is 5.26. The van der Waals surface area contributed by atoms with Gasteiger partial charge in [-0.25, -0.2) is 9.97 Å². The molecule has 1 N–H and O–H groups in total. The van der Waals surface area contributed by atoms with Crippen molar-refractivity contribution in [3.05, 3.63) is 18.0 Å². The first-order chi connectivity index (χ1) is 9.98. The molecule has 1 saturated carbocycles. The van der Waals surface area contributed by atoms with Gasteiger partial charge < -0.3 is 15.1 Å². The highest BCUT2D eigenvalue weighted by Gasteiger charge is 2.41. The summed E-state index contributed by atoms with van der Waals surface area (Å²) in [5.41, 5.74) is 0.491. The fraction of sp³-hybridized carbons (Fsp3) is 0.667. The van der Waals surface area contributed by atoms with Crippen molar-refractivity contribution in [1.82, 2.24) is 20.2 Å². The Morgan fingerprint density at radius 3 is 2.57 bits per heavy atom. The Kier molecular flexibility index (Phi) is 3.57.